The lowest BCUT2D eigenvalue weighted by Gasteiger charge is -2.28. The van der Waals surface area contributed by atoms with E-state index in [0.717, 1.165) is 11.1 Å². The standard InChI is InChI=1S/C21H26ClNO3/c1-21(2,16-8-10-17(22)11-9-16)13-20(25)23(3)14-19(24)15-6-5-7-18(12-15)26-4/h5-12,19,24H,13-14H2,1-4H3. The Morgan fingerprint density at radius 3 is 2.50 bits per heavy atom. The van der Waals surface area contributed by atoms with Gasteiger partial charge < -0.3 is 14.7 Å². The molecule has 0 aliphatic carbocycles. The third kappa shape index (κ3) is 5.23. The van der Waals surface area contributed by atoms with Crippen molar-refractivity contribution in [2.24, 2.45) is 0 Å². The van der Waals surface area contributed by atoms with Crippen LogP contribution in [0.5, 0.6) is 5.75 Å². The Labute approximate surface area is 160 Å². The predicted molar refractivity (Wildman–Crippen MR) is 105 cm³/mol. The monoisotopic (exact) mass is 375 g/mol. The van der Waals surface area contributed by atoms with Gasteiger partial charge in [0.25, 0.3) is 0 Å². The molecule has 0 aromatic heterocycles. The van der Waals surface area contributed by atoms with Gasteiger partial charge in [0.15, 0.2) is 0 Å². The smallest absolute Gasteiger partial charge is 0.223 e. The topological polar surface area (TPSA) is 49.8 Å². The minimum atomic E-state index is -0.766. The highest BCUT2D eigenvalue weighted by Gasteiger charge is 2.26. The molecule has 1 amide bonds. The first kappa shape index (κ1) is 20.3. The summed E-state index contributed by atoms with van der Waals surface area (Å²) in [6.45, 7) is 4.28. The fourth-order valence-electron chi connectivity index (χ4n) is 2.83. The number of amides is 1. The Morgan fingerprint density at radius 2 is 1.88 bits per heavy atom. The van der Waals surface area contributed by atoms with Crippen molar-refractivity contribution < 1.29 is 14.6 Å². The minimum Gasteiger partial charge on any atom is -0.497 e. The normalized spacial score (nSPS) is 12.5. The molecule has 0 aliphatic rings. The predicted octanol–water partition coefficient (Wildman–Crippen LogP) is 4.21. The second-order valence-electron chi connectivity index (χ2n) is 7.13. The highest BCUT2D eigenvalue weighted by molar-refractivity contribution is 6.30. The Kier molecular flexibility index (Phi) is 6.68. The number of benzene rings is 2. The average Bonchev–Trinajstić information content (AvgIpc) is 2.61. The van der Waals surface area contributed by atoms with E-state index < -0.39 is 6.10 Å². The summed E-state index contributed by atoms with van der Waals surface area (Å²) in [5.41, 5.74) is 1.45. The first-order chi connectivity index (χ1) is 12.2. The van der Waals surface area contributed by atoms with Gasteiger partial charge in [0, 0.05) is 18.5 Å². The molecule has 1 atom stereocenters. The number of halogens is 1. The van der Waals surface area contributed by atoms with Gasteiger partial charge in [-0.2, -0.15) is 0 Å². The summed E-state index contributed by atoms with van der Waals surface area (Å²) in [4.78, 5) is 14.2. The lowest BCUT2D eigenvalue weighted by Crippen LogP contribution is -2.35. The average molecular weight is 376 g/mol. The maximum absolute atomic E-state index is 12.7. The number of ether oxygens (including phenoxy) is 1. The number of aliphatic hydroxyl groups is 1. The molecular weight excluding hydrogens is 350 g/mol. The molecule has 0 saturated heterocycles. The van der Waals surface area contributed by atoms with Crippen LogP contribution in [0.15, 0.2) is 48.5 Å². The molecule has 140 valence electrons. The van der Waals surface area contributed by atoms with Gasteiger partial charge in [0.1, 0.15) is 5.75 Å². The molecule has 0 saturated carbocycles. The van der Waals surface area contributed by atoms with Crippen LogP contribution in [-0.4, -0.2) is 36.6 Å². The zero-order valence-electron chi connectivity index (χ0n) is 15.7. The van der Waals surface area contributed by atoms with Crippen LogP contribution in [0.25, 0.3) is 0 Å². The zero-order valence-corrected chi connectivity index (χ0v) is 16.5. The molecule has 1 N–H and O–H groups in total. The quantitative estimate of drug-likeness (QED) is 0.788. The van der Waals surface area contributed by atoms with Crippen LogP contribution in [0.2, 0.25) is 5.02 Å². The first-order valence-corrected chi connectivity index (χ1v) is 8.93. The van der Waals surface area contributed by atoms with E-state index in [9.17, 15) is 9.90 Å². The van der Waals surface area contributed by atoms with E-state index >= 15 is 0 Å². The van der Waals surface area contributed by atoms with Crippen molar-refractivity contribution in [3.63, 3.8) is 0 Å². The third-order valence-electron chi connectivity index (χ3n) is 4.57. The number of nitrogens with zero attached hydrogens (tertiary/aromatic N) is 1. The molecular formula is C21H26ClNO3. The largest absolute Gasteiger partial charge is 0.497 e. The maximum Gasteiger partial charge on any atom is 0.223 e. The summed E-state index contributed by atoms with van der Waals surface area (Å²) >= 11 is 5.94. The summed E-state index contributed by atoms with van der Waals surface area (Å²) in [5, 5.41) is 11.1. The number of carbonyl (C=O) groups excluding carboxylic acids is 1. The van der Waals surface area contributed by atoms with Crippen LogP contribution in [-0.2, 0) is 10.2 Å². The van der Waals surface area contributed by atoms with Gasteiger partial charge in [-0.3, -0.25) is 4.79 Å². The van der Waals surface area contributed by atoms with E-state index in [2.05, 4.69) is 0 Å². The number of aliphatic hydroxyl groups excluding tert-OH is 1. The van der Waals surface area contributed by atoms with E-state index in [1.54, 1.807) is 25.1 Å². The Morgan fingerprint density at radius 1 is 1.23 bits per heavy atom. The molecule has 4 nitrogen and oxygen atoms in total. The van der Waals surface area contributed by atoms with Crippen LogP contribution in [0.1, 0.15) is 37.5 Å². The van der Waals surface area contributed by atoms with Crippen LogP contribution < -0.4 is 4.74 Å². The highest BCUT2D eigenvalue weighted by Crippen LogP contribution is 2.29. The Balaban J connectivity index is 2.01. The highest BCUT2D eigenvalue weighted by atomic mass is 35.5. The SMILES string of the molecule is COc1cccc(C(O)CN(C)C(=O)CC(C)(C)c2ccc(Cl)cc2)c1. The van der Waals surface area contributed by atoms with Crippen LogP contribution >= 0.6 is 11.6 Å². The molecule has 26 heavy (non-hydrogen) atoms. The van der Waals surface area contributed by atoms with E-state index in [0.29, 0.717) is 17.2 Å². The lowest BCUT2D eigenvalue weighted by molar-refractivity contribution is -0.132. The van der Waals surface area contributed by atoms with Crippen LogP contribution in [0.3, 0.4) is 0 Å². The van der Waals surface area contributed by atoms with Gasteiger partial charge in [-0.1, -0.05) is 49.7 Å². The van der Waals surface area contributed by atoms with E-state index in [1.165, 1.54) is 0 Å². The second-order valence-corrected chi connectivity index (χ2v) is 7.57. The van der Waals surface area contributed by atoms with E-state index in [4.69, 9.17) is 16.3 Å². The van der Waals surface area contributed by atoms with Gasteiger partial charge in [-0.25, -0.2) is 0 Å². The number of hydrogen-bond donors (Lipinski definition) is 1. The molecule has 0 heterocycles. The van der Waals surface area contributed by atoms with Crippen molar-refractivity contribution >= 4 is 17.5 Å². The molecule has 5 heteroatoms. The van der Waals surface area contributed by atoms with Crippen LogP contribution in [0.4, 0.5) is 0 Å². The van der Waals surface area contributed by atoms with E-state index in [1.807, 2.05) is 56.3 Å². The molecule has 2 aromatic carbocycles. The van der Waals surface area contributed by atoms with Gasteiger partial charge in [0.2, 0.25) is 5.91 Å². The first-order valence-electron chi connectivity index (χ1n) is 8.55. The number of rotatable bonds is 7. The molecule has 0 aliphatic heterocycles. The Bertz CT molecular complexity index is 743. The molecule has 1 unspecified atom stereocenters. The van der Waals surface area contributed by atoms with Gasteiger partial charge in [-0.15, -0.1) is 0 Å². The molecule has 0 radical (unpaired) electrons. The van der Waals surface area contributed by atoms with Crippen molar-refractivity contribution in [2.45, 2.75) is 31.8 Å². The molecule has 0 fully saturated rings. The number of hydrogen-bond acceptors (Lipinski definition) is 3. The van der Waals surface area contributed by atoms with Crippen LogP contribution in [0, 0.1) is 0 Å². The number of carbonyl (C=O) groups is 1. The fourth-order valence-corrected chi connectivity index (χ4v) is 2.96. The van der Waals surface area contributed by atoms with Crippen molar-refractivity contribution in [3.05, 3.63) is 64.7 Å². The van der Waals surface area contributed by atoms with Gasteiger partial charge in [-0.05, 0) is 40.8 Å². The molecule has 0 spiro atoms. The summed E-state index contributed by atoms with van der Waals surface area (Å²) in [7, 11) is 3.30. The number of likely N-dealkylation sites (N-methyl/N-ethyl adjacent to an activating group) is 1. The third-order valence-corrected chi connectivity index (χ3v) is 4.82. The van der Waals surface area contributed by atoms with E-state index in [-0.39, 0.29) is 17.9 Å². The molecule has 2 rings (SSSR count). The van der Waals surface area contributed by atoms with Gasteiger partial charge in [0.05, 0.1) is 19.8 Å². The van der Waals surface area contributed by atoms with Crippen molar-refractivity contribution in [2.75, 3.05) is 20.7 Å². The second kappa shape index (κ2) is 8.56. The lowest BCUT2D eigenvalue weighted by atomic mass is 9.81. The summed E-state index contributed by atoms with van der Waals surface area (Å²) in [6.07, 6.45) is -0.423. The molecule has 2 aromatic rings. The van der Waals surface area contributed by atoms with Crippen molar-refractivity contribution in [3.8, 4) is 5.75 Å². The summed E-state index contributed by atoms with van der Waals surface area (Å²) < 4.78 is 5.18. The van der Waals surface area contributed by atoms with Crippen molar-refractivity contribution in [1.82, 2.24) is 4.90 Å². The summed E-state index contributed by atoms with van der Waals surface area (Å²) in [6, 6.07) is 14.8. The van der Waals surface area contributed by atoms with Crippen molar-refractivity contribution in [1.29, 1.82) is 0 Å². The maximum atomic E-state index is 12.7. The van der Waals surface area contributed by atoms with Gasteiger partial charge >= 0.3 is 0 Å². The number of methoxy groups -OCH3 is 1. The summed E-state index contributed by atoms with van der Waals surface area (Å²) in [5.74, 6) is 0.659. The molecule has 0 bridgehead atoms. The Hall–Kier alpha value is -2.04. The fraction of sp³-hybridized carbons (Fsp3) is 0.381. The zero-order chi connectivity index (χ0) is 19.3. The minimum absolute atomic E-state index is 0.0214.